The van der Waals surface area contributed by atoms with Crippen molar-refractivity contribution >= 4 is 21.4 Å². The van der Waals surface area contributed by atoms with Crippen LogP contribution in [0.25, 0.3) is 0 Å². The van der Waals surface area contributed by atoms with Gasteiger partial charge in [0.25, 0.3) is 5.69 Å². The van der Waals surface area contributed by atoms with E-state index in [1.165, 1.54) is 16.4 Å². The molecular formula is C13H19N3O4S. The predicted octanol–water partition coefficient (Wildman–Crippen LogP) is 2.06. The van der Waals surface area contributed by atoms with Crippen LogP contribution in [-0.4, -0.2) is 37.3 Å². The van der Waals surface area contributed by atoms with Crippen LogP contribution in [0.5, 0.6) is 0 Å². The van der Waals surface area contributed by atoms with E-state index >= 15 is 0 Å². The zero-order chi connectivity index (χ0) is 15.6. The van der Waals surface area contributed by atoms with Gasteiger partial charge in [0, 0.05) is 31.4 Å². The SMILES string of the molecule is CCNc1ccc(S(=O)(=O)N2CCC(C)C2)c([N+](=O)[O-])c1. The van der Waals surface area contributed by atoms with E-state index in [1.54, 1.807) is 6.07 Å². The first-order chi connectivity index (χ1) is 9.86. The lowest BCUT2D eigenvalue weighted by Crippen LogP contribution is -2.29. The van der Waals surface area contributed by atoms with Gasteiger partial charge in [-0.1, -0.05) is 6.92 Å². The number of hydrogen-bond donors (Lipinski definition) is 1. The average Bonchev–Trinajstić information content (AvgIpc) is 2.86. The average molecular weight is 313 g/mol. The summed E-state index contributed by atoms with van der Waals surface area (Å²) in [4.78, 5) is 10.3. The number of nitro groups is 1. The van der Waals surface area contributed by atoms with E-state index in [9.17, 15) is 18.5 Å². The molecule has 1 fully saturated rings. The van der Waals surface area contributed by atoms with Gasteiger partial charge in [0.15, 0.2) is 4.90 Å². The molecule has 1 aliphatic rings. The molecule has 7 nitrogen and oxygen atoms in total. The lowest BCUT2D eigenvalue weighted by Gasteiger charge is -2.16. The highest BCUT2D eigenvalue weighted by Crippen LogP contribution is 2.32. The first-order valence-corrected chi connectivity index (χ1v) is 8.32. The van der Waals surface area contributed by atoms with Gasteiger partial charge >= 0.3 is 0 Å². The number of rotatable bonds is 5. The highest BCUT2D eigenvalue weighted by molar-refractivity contribution is 7.89. The Morgan fingerprint density at radius 1 is 1.48 bits per heavy atom. The molecule has 0 aromatic heterocycles. The summed E-state index contributed by atoms with van der Waals surface area (Å²) in [6.07, 6.45) is 0.780. The van der Waals surface area contributed by atoms with Crippen LogP contribution in [0.15, 0.2) is 23.1 Å². The number of nitrogens with zero attached hydrogens (tertiary/aromatic N) is 2. The molecule has 0 bridgehead atoms. The molecule has 116 valence electrons. The molecule has 2 rings (SSSR count). The minimum atomic E-state index is -3.82. The van der Waals surface area contributed by atoms with E-state index in [0.29, 0.717) is 25.3 Å². The Morgan fingerprint density at radius 3 is 2.71 bits per heavy atom. The lowest BCUT2D eigenvalue weighted by atomic mass is 10.2. The maximum Gasteiger partial charge on any atom is 0.291 e. The third-order valence-corrected chi connectivity index (χ3v) is 5.45. The smallest absolute Gasteiger partial charge is 0.291 e. The Labute approximate surface area is 124 Å². The minimum absolute atomic E-state index is 0.233. The van der Waals surface area contributed by atoms with Crippen LogP contribution in [0.2, 0.25) is 0 Å². The van der Waals surface area contributed by atoms with Crippen molar-refractivity contribution in [3.63, 3.8) is 0 Å². The maximum atomic E-state index is 12.6. The van der Waals surface area contributed by atoms with Gasteiger partial charge in [-0.15, -0.1) is 0 Å². The van der Waals surface area contributed by atoms with Crippen molar-refractivity contribution in [3.05, 3.63) is 28.3 Å². The summed E-state index contributed by atoms with van der Waals surface area (Å²) in [5, 5.41) is 14.1. The summed E-state index contributed by atoms with van der Waals surface area (Å²) >= 11 is 0. The van der Waals surface area contributed by atoms with E-state index in [4.69, 9.17) is 0 Å². The molecule has 1 aromatic carbocycles. The molecule has 1 unspecified atom stereocenters. The Bertz CT molecular complexity index is 645. The number of nitro benzene ring substituents is 1. The fourth-order valence-electron chi connectivity index (χ4n) is 2.44. The fourth-order valence-corrected chi connectivity index (χ4v) is 4.16. The number of benzene rings is 1. The van der Waals surface area contributed by atoms with E-state index in [2.05, 4.69) is 5.32 Å². The fraction of sp³-hybridized carbons (Fsp3) is 0.538. The molecule has 0 aliphatic carbocycles. The van der Waals surface area contributed by atoms with Crippen LogP contribution < -0.4 is 5.32 Å². The second-order valence-electron chi connectivity index (χ2n) is 5.23. The topological polar surface area (TPSA) is 92.6 Å². The van der Waals surface area contributed by atoms with Crippen LogP contribution in [0, 0.1) is 16.0 Å². The highest BCUT2D eigenvalue weighted by atomic mass is 32.2. The summed E-state index contributed by atoms with van der Waals surface area (Å²) in [6, 6.07) is 4.15. The van der Waals surface area contributed by atoms with Crippen molar-refractivity contribution in [2.24, 2.45) is 5.92 Å². The molecule has 0 amide bonds. The van der Waals surface area contributed by atoms with Crippen LogP contribution in [-0.2, 0) is 10.0 Å². The van der Waals surface area contributed by atoms with E-state index < -0.39 is 14.9 Å². The first-order valence-electron chi connectivity index (χ1n) is 6.88. The third kappa shape index (κ3) is 3.16. The predicted molar refractivity (Wildman–Crippen MR) is 79.8 cm³/mol. The van der Waals surface area contributed by atoms with Gasteiger partial charge < -0.3 is 5.32 Å². The standard InChI is InChI=1S/C13H19N3O4S/c1-3-14-11-4-5-13(12(8-11)16(17)18)21(19,20)15-7-6-10(2)9-15/h4-5,8,10,14H,3,6-7,9H2,1-2H3. The Hall–Kier alpha value is -1.67. The van der Waals surface area contributed by atoms with Gasteiger partial charge in [-0.2, -0.15) is 4.31 Å². The monoisotopic (exact) mass is 313 g/mol. The summed E-state index contributed by atoms with van der Waals surface area (Å²) in [7, 11) is -3.82. The van der Waals surface area contributed by atoms with E-state index in [0.717, 1.165) is 6.42 Å². The van der Waals surface area contributed by atoms with Gasteiger partial charge in [-0.3, -0.25) is 10.1 Å². The zero-order valence-corrected chi connectivity index (χ0v) is 12.9. The summed E-state index contributed by atoms with van der Waals surface area (Å²) < 4.78 is 26.5. The van der Waals surface area contributed by atoms with Gasteiger partial charge in [0.1, 0.15) is 0 Å². The molecular weight excluding hydrogens is 294 g/mol. The van der Waals surface area contributed by atoms with Crippen LogP contribution in [0.4, 0.5) is 11.4 Å². The molecule has 21 heavy (non-hydrogen) atoms. The van der Waals surface area contributed by atoms with Crippen molar-refractivity contribution in [2.45, 2.75) is 25.2 Å². The maximum absolute atomic E-state index is 12.6. The number of anilines is 1. The summed E-state index contributed by atoms with van der Waals surface area (Å²) in [5.74, 6) is 0.278. The third-order valence-electron chi connectivity index (χ3n) is 3.54. The lowest BCUT2D eigenvalue weighted by molar-refractivity contribution is -0.387. The Balaban J connectivity index is 2.45. The van der Waals surface area contributed by atoms with Crippen LogP contribution in [0.3, 0.4) is 0 Å². The second kappa shape index (κ2) is 5.98. The van der Waals surface area contributed by atoms with Gasteiger partial charge in [-0.05, 0) is 31.4 Å². The largest absolute Gasteiger partial charge is 0.385 e. The Kier molecular flexibility index (Phi) is 4.48. The van der Waals surface area contributed by atoms with Crippen LogP contribution in [0.1, 0.15) is 20.3 Å². The van der Waals surface area contributed by atoms with E-state index in [1.807, 2.05) is 13.8 Å². The molecule has 1 aromatic rings. The quantitative estimate of drug-likeness (QED) is 0.663. The molecule has 0 spiro atoms. The second-order valence-corrected chi connectivity index (χ2v) is 7.13. The summed E-state index contributed by atoms with van der Waals surface area (Å²) in [5.41, 5.74) is 0.158. The molecule has 1 saturated heterocycles. The molecule has 1 N–H and O–H groups in total. The van der Waals surface area contributed by atoms with Crippen molar-refractivity contribution in [1.29, 1.82) is 0 Å². The minimum Gasteiger partial charge on any atom is -0.385 e. The van der Waals surface area contributed by atoms with Gasteiger partial charge in [-0.25, -0.2) is 8.42 Å². The van der Waals surface area contributed by atoms with Crippen molar-refractivity contribution < 1.29 is 13.3 Å². The van der Waals surface area contributed by atoms with Crippen molar-refractivity contribution in [2.75, 3.05) is 25.0 Å². The first kappa shape index (κ1) is 15.7. The zero-order valence-electron chi connectivity index (χ0n) is 12.1. The van der Waals surface area contributed by atoms with Crippen molar-refractivity contribution in [1.82, 2.24) is 4.31 Å². The molecule has 1 heterocycles. The van der Waals surface area contributed by atoms with Crippen LogP contribution >= 0.6 is 0 Å². The Morgan fingerprint density at radius 2 is 2.19 bits per heavy atom. The molecule has 0 radical (unpaired) electrons. The van der Waals surface area contributed by atoms with Gasteiger partial charge in [0.2, 0.25) is 10.0 Å². The number of sulfonamides is 1. The van der Waals surface area contributed by atoms with E-state index in [-0.39, 0.29) is 16.5 Å². The molecule has 1 atom stereocenters. The highest BCUT2D eigenvalue weighted by Gasteiger charge is 2.35. The molecule has 1 aliphatic heterocycles. The van der Waals surface area contributed by atoms with Crippen molar-refractivity contribution in [3.8, 4) is 0 Å². The molecule has 8 heteroatoms. The number of hydrogen-bond acceptors (Lipinski definition) is 5. The molecule has 0 saturated carbocycles. The summed E-state index contributed by atoms with van der Waals surface area (Å²) in [6.45, 7) is 5.26. The van der Waals surface area contributed by atoms with Gasteiger partial charge in [0.05, 0.1) is 4.92 Å². The number of nitrogens with one attached hydrogen (secondary N) is 1. The normalized spacial score (nSPS) is 19.6.